The molecule has 0 spiro atoms. The number of nitrogens with one attached hydrogen (secondary N) is 1. The SMILES string of the molecule is O=C(NC1Cc2ccccc2C1)N1CCC[C@H]1CO. The van der Waals surface area contributed by atoms with E-state index < -0.39 is 0 Å². The van der Waals surface area contributed by atoms with E-state index in [1.54, 1.807) is 4.90 Å². The number of carbonyl (C=O) groups is 1. The first kappa shape index (κ1) is 12.5. The molecule has 0 unspecified atom stereocenters. The summed E-state index contributed by atoms with van der Waals surface area (Å²) >= 11 is 0. The first-order chi connectivity index (χ1) is 9.28. The Morgan fingerprint density at radius 3 is 2.63 bits per heavy atom. The van der Waals surface area contributed by atoms with E-state index in [9.17, 15) is 9.90 Å². The van der Waals surface area contributed by atoms with E-state index in [1.807, 2.05) is 12.1 Å². The van der Waals surface area contributed by atoms with E-state index >= 15 is 0 Å². The number of nitrogens with zero attached hydrogens (tertiary/aromatic N) is 1. The van der Waals surface area contributed by atoms with E-state index in [1.165, 1.54) is 11.1 Å². The van der Waals surface area contributed by atoms with Crippen molar-refractivity contribution < 1.29 is 9.90 Å². The number of carbonyl (C=O) groups excluding carboxylic acids is 1. The average molecular weight is 260 g/mol. The second-order valence-electron chi connectivity index (χ2n) is 5.50. The Kier molecular flexibility index (Phi) is 3.42. The number of hydrogen-bond acceptors (Lipinski definition) is 2. The van der Waals surface area contributed by atoms with Gasteiger partial charge in [0.05, 0.1) is 12.6 Å². The maximum Gasteiger partial charge on any atom is 0.317 e. The summed E-state index contributed by atoms with van der Waals surface area (Å²) < 4.78 is 0. The summed E-state index contributed by atoms with van der Waals surface area (Å²) in [5, 5.41) is 12.4. The van der Waals surface area contributed by atoms with Crippen molar-refractivity contribution in [2.45, 2.75) is 37.8 Å². The van der Waals surface area contributed by atoms with Crippen LogP contribution in [-0.2, 0) is 12.8 Å². The van der Waals surface area contributed by atoms with E-state index in [0.29, 0.717) is 0 Å². The molecule has 2 N–H and O–H groups in total. The van der Waals surface area contributed by atoms with Crippen molar-refractivity contribution in [1.82, 2.24) is 10.2 Å². The lowest BCUT2D eigenvalue weighted by molar-refractivity contribution is 0.155. The Bertz CT molecular complexity index is 450. The minimum absolute atomic E-state index is 0.00350. The Balaban J connectivity index is 1.60. The van der Waals surface area contributed by atoms with E-state index in [0.717, 1.165) is 32.2 Å². The molecule has 1 aliphatic heterocycles. The highest BCUT2D eigenvalue weighted by Gasteiger charge is 2.30. The molecule has 4 heteroatoms. The van der Waals surface area contributed by atoms with Crippen molar-refractivity contribution in [2.24, 2.45) is 0 Å². The zero-order valence-electron chi connectivity index (χ0n) is 11.0. The van der Waals surface area contributed by atoms with Gasteiger partial charge in [-0.25, -0.2) is 4.79 Å². The molecule has 102 valence electrons. The molecule has 3 rings (SSSR count). The van der Waals surface area contributed by atoms with Gasteiger partial charge in [0.1, 0.15) is 0 Å². The molecule has 1 saturated heterocycles. The maximum absolute atomic E-state index is 12.2. The van der Waals surface area contributed by atoms with Gasteiger partial charge in [-0.15, -0.1) is 0 Å². The van der Waals surface area contributed by atoms with Gasteiger partial charge in [0.15, 0.2) is 0 Å². The predicted molar refractivity (Wildman–Crippen MR) is 73.0 cm³/mol. The van der Waals surface area contributed by atoms with E-state index in [4.69, 9.17) is 0 Å². The average Bonchev–Trinajstić information content (AvgIpc) is 3.03. The lowest BCUT2D eigenvalue weighted by atomic mass is 10.1. The molecule has 1 atom stereocenters. The quantitative estimate of drug-likeness (QED) is 0.842. The van der Waals surface area contributed by atoms with Crippen LogP contribution in [-0.4, -0.2) is 41.3 Å². The molecule has 1 aromatic rings. The van der Waals surface area contributed by atoms with Gasteiger partial charge in [0.2, 0.25) is 0 Å². The largest absolute Gasteiger partial charge is 0.394 e. The summed E-state index contributed by atoms with van der Waals surface area (Å²) in [5.41, 5.74) is 2.68. The van der Waals surface area contributed by atoms with Gasteiger partial charge >= 0.3 is 6.03 Å². The van der Waals surface area contributed by atoms with Crippen molar-refractivity contribution in [3.05, 3.63) is 35.4 Å². The second-order valence-corrected chi connectivity index (χ2v) is 5.50. The number of aliphatic hydroxyl groups is 1. The lowest BCUT2D eigenvalue weighted by Gasteiger charge is -2.25. The van der Waals surface area contributed by atoms with Gasteiger partial charge in [0, 0.05) is 12.6 Å². The van der Waals surface area contributed by atoms with Crippen molar-refractivity contribution in [2.75, 3.05) is 13.2 Å². The molecule has 1 aliphatic carbocycles. The molecule has 1 heterocycles. The van der Waals surface area contributed by atoms with Crippen LogP contribution in [0.1, 0.15) is 24.0 Å². The first-order valence-corrected chi connectivity index (χ1v) is 7.02. The highest BCUT2D eigenvalue weighted by atomic mass is 16.3. The molecule has 2 amide bonds. The molecular weight excluding hydrogens is 240 g/mol. The zero-order chi connectivity index (χ0) is 13.2. The van der Waals surface area contributed by atoms with Crippen molar-refractivity contribution in [3.63, 3.8) is 0 Å². The zero-order valence-corrected chi connectivity index (χ0v) is 11.0. The van der Waals surface area contributed by atoms with Crippen LogP contribution in [0.5, 0.6) is 0 Å². The van der Waals surface area contributed by atoms with Gasteiger partial charge in [0.25, 0.3) is 0 Å². The summed E-state index contributed by atoms with van der Waals surface area (Å²) in [5.74, 6) is 0. The summed E-state index contributed by atoms with van der Waals surface area (Å²) in [4.78, 5) is 14.0. The molecule has 0 bridgehead atoms. The van der Waals surface area contributed by atoms with Crippen LogP contribution in [0.2, 0.25) is 0 Å². The Morgan fingerprint density at radius 2 is 2.00 bits per heavy atom. The molecule has 4 nitrogen and oxygen atoms in total. The van der Waals surface area contributed by atoms with Crippen LogP contribution in [0.3, 0.4) is 0 Å². The van der Waals surface area contributed by atoms with Crippen LogP contribution in [0, 0.1) is 0 Å². The number of amides is 2. The minimum Gasteiger partial charge on any atom is -0.394 e. The fourth-order valence-electron chi connectivity index (χ4n) is 3.21. The Morgan fingerprint density at radius 1 is 1.32 bits per heavy atom. The van der Waals surface area contributed by atoms with Crippen molar-refractivity contribution in [3.8, 4) is 0 Å². The number of fused-ring (bicyclic) bond motifs is 1. The van der Waals surface area contributed by atoms with Gasteiger partial charge in [-0.1, -0.05) is 24.3 Å². The third-order valence-corrected chi connectivity index (χ3v) is 4.23. The monoisotopic (exact) mass is 260 g/mol. The smallest absolute Gasteiger partial charge is 0.317 e. The summed E-state index contributed by atoms with van der Waals surface area (Å²) in [6.07, 6.45) is 3.73. The molecule has 1 aromatic carbocycles. The predicted octanol–water partition coefficient (Wildman–Crippen LogP) is 1.32. The topological polar surface area (TPSA) is 52.6 Å². The van der Waals surface area contributed by atoms with E-state index in [-0.39, 0.29) is 24.7 Å². The number of hydrogen-bond donors (Lipinski definition) is 2. The standard InChI is InChI=1S/C15H20N2O2/c18-10-14-6-3-7-17(14)15(19)16-13-8-11-4-1-2-5-12(11)9-13/h1-2,4-5,13-14,18H,3,6-10H2,(H,16,19)/t14-/m0/s1. The molecule has 2 aliphatic rings. The summed E-state index contributed by atoms with van der Waals surface area (Å²) in [6.45, 7) is 0.828. The fraction of sp³-hybridized carbons (Fsp3) is 0.533. The summed E-state index contributed by atoms with van der Waals surface area (Å²) in [6, 6.07) is 8.54. The third kappa shape index (κ3) is 2.45. The van der Waals surface area contributed by atoms with Gasteiger partial charge in [-0.2, -0.15) is 0 Å². The van der Waals surface area contributed by atoms with E-state index in [2.05, 4.69) is 17.4 Å². The van der Waals surface area contributed by atoms with Gasteiger partial charge in [-0.3, -0.25) is 0 Å². The number of rotatable bonds is 2. The Labute approximate surface area is 113 Å². The molecule has 1 fully saturated rings. The van der Waals surface area contributed by atoms with Crippen molar-refractivity contribution in [1.29, 1.82) is 0 Å². The maximum atomic E-state index is 12.2. The highest BCUT2D eigenvalue weighted by Crippen LogP contribution is 2.23. The Hall–Kier alpha value is -1.55. The van der Waals surface area contributed by atoms with Crippen LogP contribution in [0.25, 0.3) is 0 Å². The minimum atomic E-state index is -0.0191. The molecule has 0 aromatic heterocycles. The molecule has 0 saturated carbocycles. The number of urea groups is 1. The second kappa shape index (κ2) is 5.21. The first-order valence-electron chi connectivity index (χ1n) is 7.02. The van der Waals surface area contributed by atoms with Crippen LogP contribution < -0.4 is 5.32 Å². The number of aliphatic hydroxyl groups excluding tert-OH is 1. The van der Waals surface area contributed by atoms with Crippen LogP contribution in [0.15, 0.2) is 24.3 Å². The van der Waals surface area contributed by atoms with Crippen molar-refractivity contribution >= 4 is 6.03 Å². The molecular formula is C15H20N2O2. The van der Waals surface area contributed by atoms with Gasteiger partial charge < -0.3 is 15.3 Å². The van der Waals surface area contributed by atoms with Crippen LogP contribution in [0.4, 0.5) is 4.79 Å². The third-order valence-electron chi connectivity index (χ3n) is 4.23. The lowest BCUT2D eigenvalue weighted by Crippen LogP contribution is -2.48. The fourth-order valence-corrected chi connectivity index (χ4v) is 3.21. The van der Waals surface area contributed by atoms with Crippen LogP contribution >= 0.6 is 0 Å². The van der Waals surface area contributed by atoms with Gasteiger partial charge in [-0.05, 0) is 36.8 Å². The highest BCUT2D eigenvalue weighted by molar-refractivity contribution is 5.75. The summed E-state index contributed by atoms with van der Waals surface area (Å²) in [7, 11) is 0. The number of benzene rings is 1. The number of likely N-dealkylation sites (tertiary alicyclic amines) is 1. The normalized spacial score (nSPS) is 22.6. The molecule has 19 heavy (non-hydrogen) atoms. The molecule has 0 radical (unpaired) electrons.